The third-order valence-electron chi connectivity index (χ3n) is 5.11. The topological polar surface area (TPSA) is 85.6 Å². The van der Waals surface area contributed by atoms with E-state index in [0.29, 0.717) is 33.0 Å². The molecule has 6 nitrogen and oxygen atoms in total. The number of rotatable bonds is 6. The molecule has 1 aromatic heterocycles. The molecule has 0 saturated carbocycles. The third-order valence-corrected chi connectivity index (χ3v) is 6.03. The molecule has 0 radical (unpaired) electrons. The normalized spacial score (nSPS) is 12.1. The van der Waals surface area contributed by atoms with E-state index < -0.39 is 17.2 Å². The quantitative estimate of drug-likeness (QED) is 0.402. The number of anilines is 2. The largest absolute Gasteiger partial charge is 0.755 e. The molecule has 8 heteroatoms. The maximum atomic E-state index is 12.3. The van der Waals surface area contributed by atoms with Crippen molar-refractivity contribution in [3.05, 3.63) is 83.5 Å². The Kier molecular flexibility index (Phi) is 5.82. The average molecular weight is 454 g/mol. The van der Waals surface area contributed by atoms with Gasteiger partial charge in [0.1, 0.15) is 6.54 Å². The number of hydrogen-bond donors (Lipinski definition) is 1. The Morgan fingerprint density at radius 2 is 1.71 bits per heavy atom. The highest BCUT2D eigenvalue weighted by molar-refractivity contribution is 7.81. The molecule has 3 aromatic carbocycles. The highest BCUT2D eigenvalue weighted by atomic mass is 35.5. The lowest BCUT2D eigenvalue weighted by Gasteiger charge is -2.27. The van der Waals surface area contributed by atoms with Gasteiger partial charge in [0.15, 0.2) is 0 Å². The van der Waals surface area contributed by atoms with E-state index in [1.807, 2.05) is 42.5 Å². The summed E-state index contributed by atoms with van der Waals surface area (Å²) in [6.45, 7) is 1.40. The molecule has 0 fully saturated rings. The van der Waals surface area contributed by atoms with Gasteiger partial charge in [-0.15, -0.1) is 0 Å². The zero-order valence-electron chi connectivity index (χ0n) is 16.5. The summed E-state index contributed by atoms with van der Waals surface area (Å²) in [5.41, 5.74) is 3.88. The Morgan fingerprint density at radius 3 is 2.32 bits per heavy atom. The minimum atomic E-state index is -2.65. The molecule has 1 heterocycles. The van der Waals surface area contributed by atoms with Gasteiger partial charge in [-0.05, 0) is 48.4 Å². The third kappa shape index (κ3) is 4.07. The first-order valence-corrected chi connectivity index (χ1v) is 10.8. The monoisotopic (exact) mass is 453 g/mol. The molecule has 4 aromatic rings. The number of aromatic nitrogens is 1. The molecule has 158 valence electrons. The van der Waals surface area contributed by atoms with E-state index in [2.05, 4.69) is 0 Å². The minimum absolute atomic E-state index is 0.295. The molecule has 4 rings (SSSR count). The van der Waals surface area contributed by atoms with Gasteiger partial charge in [0.2, 0.25) is 0 Å². The fourth-order valence-corrected chi connectivity index (χ4v) is 4.59. The maximum absolute atomic E-state index is 12.3. The van der Waals surface area contributed by atoms with Gasteiger partial charge in [-0.3, -0.25) is 13.3 Å². The highest BCUT2D eigenvalue weighted by Gasteiger charge is 2.23. The number of fused-ring (bicyclic) bond motifs is 1. The van der Waals surface area contributed by atoms with Gasteiger partial charge in [-0.25, -0.2) is 0 Å². The van der Waals surface area contributed by atoms with Crippen LogP contribution in [-0.2, 0) is 22.6 Å². The van der Waals surface area contributed by atoms with Crippen LogP contribution in [-0.4, -0.2) is 24.4 Å². The summed E-state index contributed by atoms with van der Waals surface area (Å²) >= 11 is 3.53. The fraction of sp³-hybridized carbons (Fsp3) is 0.0870. The maximum Gasteiger partial charge on any atom is 0.323 e. The average Bonchev–Trinajstić information content (AvgIpc) is 3.00. The van der Waals surface area contributed by atoms with Crippen molar-refractivity contribution in [3.8, 4) is 11.1 Å². The predicted molar refractivity (Wildman–Crippen MR) is 122 cm³/mol. The van der Waals surface area contributed by atoms with Crippen LogP contribution in [0.25, 0.3) is 22.0 Å². The Bertz CT molecular complexity index is 1290. The van der Waals surface area contributed by atoms with Gasteiger partial charge in [0.05, 0.1) is 28.2 Å². The molecule has 1 unspecified atom stereocenters. The van der Waals surface area contributed by atoms with Gasteiger partial charge >= 0.3 is 5.97 Å². The van der Waals surface area contributed by atoms with Crippen LogP contribution in [0.3, 0.4) is 0 Å². The summed E-state index contributed by atoms with van der Waals surface area (Å²) in [5.74, 6) is -1.02. The number of benzene rings is 3. The van der Waals surface area contributed by atoms with Crippen molar-refractivity contribution in [2.75, 3.05) is 4.31 Å². The number of halogens is 1. The van der Waals surface area contributed by atoms with E-state index in [4.69, 9.17) is 11.6 Å². The second kappa shape index (κ2) is 8.55. The number of carboxylic acid groups (broad SMARTS) is 1. The van der Waals surface area contributed by atoms with Crippen LogP contribution in [0.2, 0.25) is 5.02 Å². The SMILES string of the molecule is Cc1c(N(c2ccc(-c3ccccc3)cc2)S(=O)[O-])c2cc(Cl)ccc2n1CC(=O)O. The molecule has 0 aliphatic rings. The van der Waals surface area contributed by atoms with Crippen molar-refractivity contribution in [2.45, 2.75) is 13.5 Å². The highest BCUT2D eigenvalue weighted by Crippen LogP contribution is 2.40. The molecule has 31 heavy (non-hydrogen) atoms. The molecular formula is C23H18ClN2O4S-. The van der Waals surface area contributed by atoms with Crippen molar-refractivity contribution in [1.29, 1.82) is 0 Å². The van der Waals surface area contributed by atoms with Crippen LogP contribution in [0.4, 0.5) is 11.4 Å². The Balaban J connectivity index is 1.87. The summed E-state index contributed by atoms with van der Waals surface area (Å²) in [6, 6.07) is 21.9. The molecule has 1 N–H and O–H groups in total. The molecule has 0 spiro atoms. The lowest BCUT2D eigenvalue weighted by Crippen LogP contribution is -2.20. The number of nitrogens with zero attached hydrogens (tertiary/aromatic N) is 2. The molecule has 0 amide bonds. The van der Waals surface area contributed by atoms with Crippen LogP contribution in [0.1, 0.15) is 5.69 Å². The van der Waals surface area contributed by atoms with Crippen molar-refractivity contribution >= 4 is 51.1 Å². The van der Waals surface area contributed by atoms with Gasteiger partial charge < -0.3 is 14.2 Å². The van der Waals surface area contributed by atoms with Crippen LogP contribution in [0, 0.1) is 6.92 Å². The molecule has 0 aliphatic carbocycles. The Morgan fingerprint density at radius 1 is 1.06 bits per heavy atom. The van der Waals surface area contributed by atoms with E-state index in [1.165, 1.54) is 4.31 Å². The summed E-state index contributed by atoms with van der Waals surface area (Å²) in [6.07, 6.45) is 0. The lowest BCUT2D eigenvalue weighted by atomic mass is 10.1. The first kappa shape index (κ1) is 21.1. The van der Waals surface area contributed by atoms with Gasteiger partial charge in [0, 0.05) is 16.1 Å². The van der Waals surface area contributed by atoms with Crippen LogP contribution in [0.5, 0.6) is 0 Å². The predicted octanol–water partition coefficient (Wildman–Crippen LogP) is 5.29. The standard InChI is InChI=1S/C23H19ClN2O4S/c1-15-23(20-13-18(24)9-12-21(20)25(15)14-22(27)28)26(31(29)30)19-10-7-17(8-11-19)16-5-3-2-4-6-16/h2-13H,14H2,1H3,(H,27,28)(H,29,30)/p-1. The second-order valence-electron chi connectivity index (χ2n) is 7.00. The van der Waals surface area contributed by atoms with Crippen molar-refractivity contribution in [2.24, 2.45) is 0 Å². The first-order valence-electron chi connectivity index (χ1n) is 9.42. The van der Waals surface area contributed by atoms with Crippen LogP contribution in [0.15, 0.2) is 72.8 Å². The summed E-state index contributed by atoms with van der Waals surface area (Å²) in [7, 11) is 0. The molecule has 0 aliphatic heterocycles. The van der Waals surface area contributed by atoms with Crippen LogP contribution < -0.4 is 4.31 Å². The lowest BCUT2D eigenvalue weighted by molar-refractivity contribution is -0.137. The van der Waals surface area contributed by atoms with E-state index >= 15 is 0 Å². The second-order valence-corrected chi connectivity index (χ2v) is 8.24. The first-order chi connectivity index (χ1) is 14.9. The van der Waals surface area contributed by atoms with Crippen molar-refractivity contribution < 1.29 is 18.7 Å². The van der Waals surface area contributed by atoms with Crippen LogP contribution >= 0.6 is 11.6 Å². The van der Waals surface area contributed by atoms with Gasteiger partial charge in [-0.1, -0.05) is 54.1 Å². The van der Waals surface area contributed by atoms with Crippen molar-refractivity contribution in [1.82, 2.24) is 4.57 Å². The van der Waals surface area contributed by atoms with Gasteiger partial charge in [-0.2, -0.15) is 0 Å². The van der Waals surface area contributed by atoms with Crippen molar-refractivity contribution in [3.63, 3.8) is 0 Å². The number of hydrogen-bond acceptors (Lipinski definition) is 3. The molecule has 0 saturated heterocycles. The van der Waals surface area contributed by atoms with Gasteiger partial charge in [0.25, 0.3) is 0 Å². The van der Waals surface area contributed by atoms with E-state index in [-0.39, 0.29) is 6.54 Å². The van der Waals surface area contributed by atoms with E-state index in [1.54, 1.807) is 41.8 Å². The number of carbonyl (C=O) groups is 1. The van der Waals surface area contributed by atoms with E-state index in [9.17, 15) is 18.7 Å². The fourth-order valence-electron chi connectivity index (χ4n) is 3.74. The Labute approximate surface area is 186 Å². The smallest absolute Gasteiger partial charge is 0.323 e. The molecule has 0 bridgehead atoms. The summed E-state index contributed by atoms with van der Waals surface area (Å²) < 4.78 is 27.4. The Hall–Kier alpha value is -3.13. The zero-order chi connectivity index (χ0) is 22.1. The minimum Gasteiger partial charge on any atom is -0.755 e. The summed E-state index contributed by atoms with van der Waals surface area (Å²) in [4.78, 5) is 11.4. The number of carboxylic acids is 1. The molecule has 1 atom stereocenters. The molecular weight excluding hydrogens is 436 g/mol. The zero-order valence-corrected chi connectivity index (χ0v) is 18.1. The summed E-state index contributed by atoms with van der Waals surface area (Å²) in [5, 5.41) is 10.3. The van der Waals surface area contributed by atoms with E-state index in [0.717, 1.165) is 11.1 Å². The number of aliphatic carboxylic acids is 1.